The molecule has 1 aliphatic rings. The molecule has 1 saturated heterocycles. The number of hydrogen-bond acceptors (Lipinski definition) is 6. The van der Waals surface area contributed by atoms with Crippen LogP contribution in [-0.4, -0.2) is 70.2 Å². The van der Waals surface area contributed by atoms with Gasteiger partial charge >= 0.3 is 0 Å². The number of hydrogen-bond donors (Lipinski definition) is 1. The number of thioether (sulfide) groups is 1. The second kappa shape index (κ2) is 12.1. The van der Waals surface area contributed by atoms with Crippen molar-refractivity contribution in [1.29, 1.82) is 0 Å². The molecule has 1 fully saturated rings. The molecule has 0 aliphatic carbocycles. The van der Waals surface area contributed by atoms with Crippen molar-refractivity contribution >= 4 is 17.7 Å². The fraction of sp³-hybridized carbons (Fsp3) is 0.400. The van der Waals surface area contributed by atoms with Crippen molar-refractivity contribution in [2.24, 2.45) is 0 Å². The summed E-state index contributed by atoms with van der Waals surface area (Å²) in [5.74, 6) is 0.345. The molecule has 2 aromatic carbocycles. The SMILES string of the molecule is CC(Sc1nnc(-c2ccc(F)cc2)n1CCN1CCOCC1)C(=O)NCCc1ccccc1. The number of rotatable bonds is 10. The quantitative estimate of drug-likeness (QED) is 0.447. The van der Waals surface area contributed by atoms with E-state index < -0.39 is 0 Å². The van der Waals surface area contributed by atoms with Gasteiger partial charge in [-0.15, -0.1) is 10.2 Å². The number of carbonyl (C=O) groups is 1. The van der Waals surface area contributed by atoms with Crippen LogP contribution in [0.2, 0.25) is 0 Å². The van der Waals surface area contributed by atoms with Crippen LogP contribution in [0.15, 0.2) is 59.8 Å². The minimum atomic E-state index is -0.330. The maximum atomic E-state index is 13.5. The Kier molecular flexibility index (Phi) is 8.67. The summed E-state index contributed by atoms with van der Waals surface area (Å²) < 4.78 is 20.9. The normalized spacial score (nSPS) is 15.2. The van der Waals surface area contributed by atoms with E-state index in [0.29, 0.717) is 24.1 Å². The Bertz CT molecular complexity index is 1050. The minimum Gasteiger partial charge on any atom is -0.379 e. The molecule has 2 heterocycles. The zero-order valence-corrected chi connectivity index (χ0v) is 20.1. The van der Waals surface area contributed by atoms with E-state index in [1.54, 1.807) is 12.1 Å². The molecular weight excluding hydrogens is 453 g/mol. The van der Waals surface area contributed by atoms with Gasteiger partial charge in [0, 0.05) is 38.3 Å². The zero-order valence-electron chi connectivity index (χ0n) is 19.3. The van der Waals surface area contributed by atoms with Crippen molar-refractivity contribution in [2.75, 3.05) is 39.4 Å². The summed E-state index contributed by atoms with van der Waals surface area (Å²) in [6, 6.07) is 16.3. The van der Waals surface area contributed by atoms with Crippen LogP contribution < -0.4 is 5.32 Å². The van der Waals surface area contributed by atoms with Crippen LogP contribution >= 0.6 is 11.8 Å². The highest BCUT2D eigenvalue weighted by Gasteiger charge is 2.21. The molecule has 0 bridgehead atoms. The lowest BCUT2D eigenvalue weighted by Gasteiger charge is -2.27. The summed E-state index contributed by atoms with van der Waals surface area (Å²) in [6.45, 7) is 7.18. The lowest BCUT2D eigenvalue weighted by Crippen LogP contribution is -2.38. The van der Waals surface area contributed by atoms with E-state index in [0.717, 1.165) is 44.8 Å². The molecule has 7 nitrogen and oxygen atoms in total. The molecule has 1 unspecified atom stereocenters. The molecule has 1 aromatic heterocycles. The first-order valence-electron chi connectivity index (χ1n) is 11.6. The number of nitrogens with one attached hydrogen (secondary N) is 1. The fourth-order valence-corrected chi connectivity index (χ4v) is 4.69. The molecular formula is C25H30FN5O2S. The molecule has 9 heteroatoms. The highest BCUT2D eigenvalue weighted by molar-refractivity contribution is 8.00. The Morgan fingerprint density at radius 2 is 1.82 bits per heavy atom. The van der Waals surface area contributed by atoms with E-state index in [9.17, 15) is 9.18 Å². The second-order valence-electron chi connectivity index (χ2n) is 8.21. The van der Waals surface area contributed by atoms with E-state index in [1.807, 2.05) is 29.7 Å². The summed E-state index contributed by atoms with van der Waals surface area (Å²) in [5, 5.41) is 12.1. The van der Waals surface area contributed by atoms with E-state index in [4.69, 9.17) is 4.74 Å². The molecule has 0 spiro atoms. The number of benzene rings is 2. The molecule has 180 valence electrons. The Morgan fingerprint density at radius 1 is 1.09 bits per heavy atom. The minimum absolute atomic E-state index is 0.0352. The van der Waals surface area contributed by atoms with Gasteiger partial charge in [0.05, 0.1) is 18.5 Å². The van der Waals surface area contributed by atoms with Gasteiger partial charge in [0.15, 0.2) is 11.0 Å². The largest absolute Gasteiger partial charge is 0.379 e. The smallest absolute Gasteiger partial charge is 0.233 e. The Hall–Kier alpha value is -2.75. The van der Waals surface area contributed by atoms with Gasteiger partial charge in [-0.3, -0.25) is 9.69 Å². The van der Waals surface area contributed by atoms with Gasteiger partial charge in [0.2, 0.25) is 5.91 Å². The van der Waals surface area contributed by atoms with Gasteiger partial charge in [0.1, 0.15) is 5.82 Å². The third-order valence-electron chi connectivity index (χ3n) is 5.77. The van der Waals surface area contributed by atoms with Gasteiger partial charge in [-0.1, -0.05) is 42.1 Å². The van der Waals surface area contributed by atoms with Gasteiger partial charge in [-0.25, -0.2) is 4.39 Å². The standard InChI is InChI=1S/C25H30FN5O2S/c1-19(24(32)27-12-11-20-5-3-2-4-6-20)34-25-29-28-23(21-7-9-22(26)10-8-21)31(25)14-13-30-15-17-33-18-16-30/h2-10,19H,11-18H2,1H3,(H,27,32). The lowest BCUT2D eigenvalue weighted by molar-refractivity contribution is -0.120. The fourth-order valence-electron chi connectivity index (χ4n) is 3.79. The zero-order chi connectivity index (χ0) is 23.8. The van der Waals surface area contributed by atoms with Crippen LogP contribution in [0.25, 0.3) is 11.4 Å². The average Bonchev–Trinajstić information content (AvgIpc) is 3.26. The van der Waals surface area contributed by atoms with Crippen LogP contribution in [0.1, 0.15) is 12.5 Å². The first-order chi connectivity index (χ1) is 16.6. The lowest BCUT2D eigenvalue weighted by atomic mass is 10.1. The van der Waals surface area contributed by atoms with E-state index in [1.165, 1.54) is 29.5 Å². The summed E-state index contributed by atoms with van der Waals surface area (Å²) in [6.07, 6.45) is 0.786. The highest BCUT2D eigenvalue weighted by Crippen LogP contribution is 2.27. The molecule has 0 radical (unpaired) electrons. The van der Waals surface area contributed by atoms with Gasteiger partial charge in [-0.05, 0) is 43.2 Å². The molecule has 1 amide bonds. The molecule has 4 rings (SSSR count). The maximum Gasteiger partial charge on any atom is 0.233 e. The Balaban J connectivity index is 1.42. The predicted octanol–water partition coefficient (Wildman–Crippen LogP) is 3.26. The van der Waals surface area contributed by atoms with Crippen LogP contribution in [0.5, 0.6) is 0 Å². The third-order valence-corrected chi connectivity index (χ3v) is 6.85. The van der Waals surface area contributed by atoms with Crippen LogP contribution in [0, 0.1) is 5.82 Å². The van der Waals surface area contributed by atoms with Crippen molar-refractivity contribution in [1.82, 2.24) is 25.0 Å². The van der Waals surface area contributed by atoms with E-state index >= 15 is 0 Å². The molecule has 34 heavy (non-hydrogen) atoms. The number of carbonyl (C=O) groups excluding carboxylic acids is 1. The van der Waals surface area contributed by atoms with Gasteiger partial charge in [0.25, 0.3) is 0 Å². The number of nitrogens with zero attached hydrogens (tertiary/aromatic N) is 4. The van der Waals surface area contributed by atoms with Crippen molar-refractivity contribution in [3.8, 4) is 11.4 Å². The van der Waals surface area contributed by atoms with Crippen molar-refractivity contribution < 1.29 is 13.9 Å². The average molecular weight is 484 g/mol. The molecule has 1 N–H and O–H groups in total. The van der Waals surface area contributed by atoms with Crippen LogP contribution in [0.4, 0.5) is 4.39 Å². The predicted molar refractivity (Wildman–Crippen MR) is 131 cm³/mol. The first-order valence-corrected chi connectivity index (χ1v) is 12.5. The van der Waals surface area contributed by atoms with Crippen LogP contribution in [0.3, 0.4) is 0 Å². The number of halogens is 1. The third kappa shape index (κ3) is 6.65. The van der Waals surface area contributed by atoms with Crippen molar-refractivity contribution in [2.45, 2.75) is 30.3 Å². The maximum absolute atomic E-state index is 13.5. The topological polar surface area (TPSA) is 72.3 Å². The summed E-state index contributed by atoms with van der Waals surface area (Å²) in [5.41, 5.74) is 1.98. The monoisotopic (exact) mass is 483 g/mol. The molecule has 0 saturated carbocycles. The number of morpholine rings is 1. The second-order valence-corrected chi connectivity index (χ2v) is 9.51. The van der Waals surface area contributed by atoms with Crippen molar-refractivity contribution in [3.05, 3.63) is 66.0 Å². The van der Waals surface area contributed by atoms with E-state index in [2.05, 4.69) is 32.5 Å². The molecule has 1 aliphatic heterocycles. The summed E-state index contributed by atoms with van der Waals surface area (Å²) >= 11 is 1.39. The highest BCUT2D eigenvalue weighted by atomic mass is 32.2. The van der Waals surface area contributed by atoms with E-state index in [-0.39, 0.29) is 17.0 Å². The van der Waals surface area contributed by atoms with Gasteiger partial charge < -0.3 is 14.6 Å². The van der Waals surface area contributed by atoms with Crippen molar-refractivity contribution in [3.63, 3.8) is 0 Å². The Labute approximate surface area is 203 Å². The number of aromatic nitrogens is 3. The summed E-state index contributed by atoms with van der Waals surface area (Å²) in [4.78, 5) is 15.1. The number of ether oxygens (including phenoxy) is 1. The summed E-state index contributed by atoms with van der Waals surface area (Å²) in [7, 11) is 0. The number of amides is 1. The Morgan fingerprint density at radius 3 is 2.56 bits per heavy atom. The van der Waals surface area contributed by atoms with Crippen LogP contribution in [-0.2, 0) is 22.5 Å². The molecule has 1 atom stereocenters. The first kappa shape index (κ1) is 24.4. The molecule has 3 aromatic rings. The van der Waals surface area contributed by atoms with Gasteiger partial charge in [-0.2, -0.15) is 0 Å².